The van der Waals surface area contributed by atoms with Gasteiger partial charge in [0.15, 0.2) is 6.10 Å². The minimum atomic E-state index is -4.59. The van der Waals surface area contributed by atoms with Crippen LogP contribution in [-0.2, 0) is 33.5 Å². The van der Waals surface area contributed by atoms with Crippen molar-refractivity contribution < 1.29 is 37.4 Å². The Morgan fingerprint density at radius 2 is 1.82 bits per heavy atom. The molecule has 1 fully saturated rings. The molecule has 2 aromatic rings. The number of aliphatic hydroxyl groups is 1. The second kappa shape index (κ2) is 13.2. The van der Waals surface area contributed by atoms with Crippen LogP contribution in [0.4, 0.5) is 18.0 Å². The molecule has 2 aromatic carbocycles. The lowest BCUT2D eigenvalue weighted by molar-refractivity contribution is -0.147. The average molecular weight is 580 g/mol. The summed E-state index contributed by atoms with van der Waals surface area (Å²) in [6.45, 7) is 6.46. The second-order valence-corrected chi connectivity index (χ2v) is 11.3. The van der Waals surface area contributed by atoms with E-state index in [4.69, 9.17) is 4.74 Å². The van der Waals surface area contributed by atoms with Crippen LogP contribution in [0, 0.1) is 0 Å². The Balaban J connectivity index is 1.79. The summed E-state index contributed by atoms with van der Waals surface area (Å²) >= 11 is 1.29. The van der Waals surface area contributed by atoms with Crippen molar-refractivity contribution in [2.75, 3.05) is 12.5 Å². The predicted molar refractivity (Wildman–Crippen MR) is 145 cm³/mol. The number of rotatable bonds is 10. The molecule has 3 atom stereocenters. The Morgan fingerprint density at radius 1 is 1.18 bits per heavy atom. The van der Waals surface area contributed by atoms with Crippen molar-refractivity contribution in [3.8, 4) is 0 Å². The first kappa shape index (κ1) is 31.0. The van der Waals surface area contributed by atoms with Crippen LogP contribution in [0.25, 0.3) is 0 Å². The maximum Gasteiger partial charge on any atom is 0.416 e. The van der Waals surface area contributed by atoms with Gasteiger partial charge in [-0.25, -0.2) is 4.79 Å². The number of nitrogens with one attached hydrogen (secondary N) is 2. The van der Waals surface area contributed by atoms with E-state index < -0.39 is 59.1 Å². The van der Waals surface area contributed by atoms with Gasteiger partial charge in [-0.1, -0.05) is 61.2 Å². The predicted octanol–water partition coefficient (Wildman–Crippen LogP) is 3.89. The summed E-state index contributed by atoms with van der Waals surface area (Å²) in [5.41, 5.74) is -0.246. The Bertz CT molecular complexity index is 1210. The van der Waals surface area contributed by atoms with Crippen molar-refractivity contribution in [1.82, 2.24) is 15.5 Å². The summed E-state index contributed by atoms with van der Waals surface area (Å²) in [6.07, 6.45) is -5.74. The molecule has 1 heterocycles. The molecule has 0 radical (unpaired) electrons. The van der Waals surface area contributed by atoms with Gasteiger partial charge in [0.1, 0.15) is 12.6 Å². The van der Waals surface area contributed by atoms with Crippen LogP contribution in [0.1, 0.15) is 30.5 Å². The first-order valence-corrected chi connectivity index (χ1v) is 13.5. The smallest absolute Gasteiger partial charge is 0.416 e. The molecule has 12 heteroatoms. The zero-order chi connectivity index (χ0) is 29.5. The largest absolute Gasteiger partial charge is 0.445 e. The first-order valence-electron chi connectivity index (χ1n) is 12.5. The number of alkyl carbamates (subject to hydrolysis) is 1. The number of ether oxygens (including phenoxy) is 1. The topological polar surface area (TPSA) is 108 Å². The number of nitrogens with zero attached hydrogens (tertiary/aromatic N) is 1. The molecule has 40 heavy (non-hydrogen) atoms. The highest BCUT2D eigenvalue weighted by molar-refractivity contribution is 8.00. The number of aliphatic hydroxyl groups excluding tert-OH is 1. The van der Waals surface area contributed by atoms with Gasteiger partial charge < -0.3 is 25.4 Å². The number of thioether (sulfide) groups is 1. The normalized spacial score (nSPS) is 17.9. The van der Waals surface area contributed by atoms with E-state index in [0.717, 1.165) is 11.6 Å². The fourth-order valence-corrected chi connectivity index (χ4v) is 5.56. The molecule has 0 aromatic heterocycles. The summed E-state index contributed by atoms with van der Waals surface area (Å²) in [5.74, 6) is -1.41. The number of hydrogen-bond acceptors (Lipinski definition) is 6. The van der Waals surface area contributed by atoms with Crippen LogP contribution < -0.4 is 10.6 Å². The highest BCUT2D eigenvalue weighted by Crippen LogP contribution is 2.40. The molecule has 3 amide bonds. The van der Waals surface area contributed by atoms with Gasteiger partial charge in [0.25, 0.3) is 5.91 Å². The second-order valence-electron chi connectivity index (χ2n) is 9.73. The summed E-state index contributed by atoms with van der Waals surface area (Å²) in [5, 5.41) is 16.2. The molecular formula is C28H32F3N3O5S. The molecule has 0 bridgehead atoms. The van der Waals surface area contributed by atoms with E-state index in [1.165, 1.54) is 40.9 Å². The van der Waals surface area contributed by atoms with Crippen molar-refractivity contribution in [2.45, 2.75) is 55.9 Å². The van der Waals surface area contributed by atoms with Crippen LogP contribution in [-0.4, -0.2) is 63.3 Å². The molecule has 1 aliphatic rings. The lowest BCUT2D eigenvalue weighted by Crippen LogP contribution is -2.58. The zero-order valence-corrected chi connectivity index (χ0v) is 22.9. The minimum Gasteiger partial charge on any atom is -0.445 e. The summed E-state index contributed by atoms with van der Waals surface area (Å²) < 4.78 is 44.4. The number of alkyl halides is 3. The zero-order valence-electron chi connectivity index (χ0n) is 22.1. The van der Waals surface area contributed by atoms with Crippen molar-refractivity contribution in [2.24, 2.45) is 0 Å². The van der Waals surface area contributed by atoms with E-state index in [1.54, 1.807) is 44.2 Å². The Kier molecular flexibility index (Phi) is 10.3. The molecule has 8 nitrogen and oxygen atoms in total. The van der Waals surface area contributed by atoms with E-state index in [9.17, 15) is 32.7 Å². The molecule has 0 unspecified atom stereocenters. The van der Waals surface area contributed by atoms with E-state index in [-0.39, 0.29) is 24.5 Å². The lowest BCUT2D eigenvalue weighted by atomic mass is 9.97. The van der Waals surface area contributed by atoms with E-state index >= 15 is 0 Å². The summed E-state index contributed by atoms with van der Waals surface area (Å²) in [7, 11) is 0. The lowest BCUT2D eigenvalue weighted by Gasteiger charge is -2.33. The molecule has 0 saturated carbocycles. The maximum absolute atomic E-state index is 13.6. The van der Waals surface area contributed by atoms with Gasteiger partial charge in [0.2, 0.25) is 5.91 Å². The van der Waals surface area contributed by atoms with Gasteiger partial charge in [0, 0.05) is 11.3 Å². The first-order chi connectivity index (χ1) is 18.8. The number of amides is 3. The third-order valence-electron chi connectivity index (χ3n) is 6.42. The summed E-state index contributed by atoms with van der Waals surface area (Å²) in [4.78, 5) is 40.3. The quantitative estimate of drug-likeness (QED) is 0.369. The average Bonchev–Trinajstić information content (AvgIpc) is 3.24. The maximum atomic E-state index is 13.6. The molecular weight excluding hydrogens is 547 g/mol. The van der Waals surface area contributed by atoms with Gasteiger partial charge in [-0.05, 0) is 37.5 Å². The minimum absolute atomic E-state index is 0.0546. The Labute approximate surface area is 235 Å². The standard InChI is InChI=1S/C28H32F3N3O5S/c1-4-14-39-26(38)33-21(15-18-10-6-5-7-11-18)22(35)25(37)34-17-40-27(2,3)23(34)24(36)32-16-19-12-8-9-13-20(19)28(29,30)31/h4-13,21-23,35H,1,14-17H2,2-3H3,(H,32,36)(H,33,38)/t21-,22-,23-/m0/s1. The van der Waals surface area contributed by atoms with Gasteiger partial charge in [-0.15, -0.1) is 11.8 Å². The molecule has 0 spiro atoms. The Hall–Kier alpha value is -3.51. The van der Waals surface area contributed by atoms with Crippen molar-refractivity contribution >= 4 is 29.7 Å². The molecule has 216 valence electrons. The molecule has 1 aliphatic heterocycles. The highest BCUT2D eigenvalue weighted by atomic mass is 32.2. The number of benzene rings is 2. The van der Waals surface area contributed by atoms with Crippen LogP contribution >= 0.6 is 11.8 Å². The van der Waals surface area contributed by atoms with Crippen LogP contribution in [0.15, 0.2) is 67.3 Å². The number of carbonyl (C=O) groups excluding carboxylic acids is 3. The van der Waals surface area contributed by atoms with Crippen molar-refractivity contribution in [1.29, 1.82) is 0 Å². The highest BCUT2D eigenvalue weighted by Gasteiger charge is 2.50. The fraction of sp³-hybridized carbons (Fsp3) is 0.393. The van der Waals surface area contributed by atoms with Gasteiger partial charge in [0.05, 0.1) is 17.5 Å². The third kappa shape index (κ3) is 7.79. The van der Waals surface area contributed by atoms with Crippen LogP contribution in [0.5, 0.6) is 0 Å². The number of carbonyl (C=O) groups is 3. The van der Waals surface area contributed by atoms with Gasteiger partial charge >= 0.3 is 12.3 Å². The summed E-state index contributed by atoms with van der Waals surface area (Å²) in [6, 6.07) is 11.6. The van der Waals surface area contributed by atoms with Crippen molar-refractivity contribution in [3.05, 3.63) is 83.9 Å². The molecule has 3 N–H and O–H groups in total. The van der Waals surface area contributed by atoms with Gasteiger partial charge in [-0.2, -0.15) is 13.2 Å². The van der Waals surface area contributed by atoms with Crippen LogP contribution in [0.3, 0.4) is 0 Å². The number of hydrogen-bond donors (Lipinski definition) is 3. The molecule has 1 saturated heterocycles. The Morgan fingerprint density at radius 3 is 2.48 bits per heavy atom. The number of halogens is 3. The monoisotopic (exact) mass is 579 g/mol. The van der Waals surface area contributed by atoms with E-state index in [2.05, 4.69) is 17.2 Å². The molecule has 0 aliphatic carbocycles. The third-order valence-corrected chi connectivity index (χ3v) is 7.80. The van der Waals surface area contributed by atoms with Crippen LogP contribution in [0.2, 0.25) is 0 Å². The van der Waals surface area contributed by atoms with E-state index in [0.29, 0.717) is 0 Å². The molecule has 3 rings (SSSR count). The SMILES string of the molecule is C=CCOC(=O)N[C@@H](Cc1ccccc1)[C@H](O)C(=O)N1CSC(C)(C)[C@@H]1C(=O)NCc1ccccc1C(F)(F)F. The van der Waals surface area contributed by atoms with E-state index in [1.807, 2.05) is 0 Å². The van der Waals surface area contributed by atoms with Gasteiger partial charge in [-0.3, -0.25) is 9.59 Å². The van der Waals surface area contributed by atoms with Crippen molar-refractivity contribution in [3.63, 3.8) is 0 Å². The fourth-order valence-electron chi connectivity index (χ4n) is 4.42.